The summed E-state index contributed by atoms with van der Waals surface area (Å²) in [6.07, 6.45) is 6.04. The molecule has 1 aliphatic carbocycles. The first-order valence-electron chi connectivity index (χ1n) is 7.46. The Bertz CT molecular complexity index is 470. The summed E-state index contributed by atoms with van der Waals surface area (Å²) in [5.41, 5.74) is 0. The van der Waals surface area contributed by atoms with Crippen LogP contribution in [0.4, 0.5) is 0 Å². The lowest BCUT2D eigenvalue weighted by Gasteiger charge is -2.26. The highest BCUT2D eigenvalue weighted by Crippen LogP contribution is 2.26. The van der Waals surface area contributed by atoms with Crippen LogP contribution in [-0.2, 0) is 22.6 Å². The van der Waals surface area contributed by atoms with Gasteiger partial charge in [-0.3, -0.25) is 4.79 Å². The molecule has 2 rings (SSSR count). The molecule has 7 heteroatoms. The molecule has 0 spiro atoms. The van der Waals surface area contributed by atoms with Crippen LogP contribution in [0.25, 0.3) is 0 Å². The summed E-state index contributed by atoms with van der Waals surface area (Å²) in [7, 11) is 1.74. The van der Waals surface area contributed by atoms with Gasteiger partial charge in [0.05, 0.1) is 12.6 Å². The van der Waals surface area contributed by atoms with Crippen LogP contribution >= 0.6 is 11.8 Å². The Labute approximate surface area is 130 Å². The molecule has 6 nitrogen and oxygen atoms in total. The van der Waals surface area contributed by atoms with E-state index >= 15 is 0 Å². The molecule has 1 heterocycles. The predicted octanol–water partition coefficient (Wildman–Crippen LogP) is 1.84. The molecular formula is C14H24N4O2S. The van der Waals surface area contributed by atoms with E-state index in [2.05, 4.69) is 22.4 Å². The maximum Gasteiger partial charge on any atom is 0.223 e. The van der Waals surface area contributed by atoms with Gasteiger partial charge in [0.25, 0.3) is 0 Å². The third kappa shape index (κ3) is 3.97. The first-order valence-corrected chi connectivity index (χ1v) is 8.68. The molecule has 1 aromatic rings. The number of nitrogens with one attached hydrogen (secondary N) is 1. The van der Waals surface area contributed by atoms with Crippen molar-refractivity contribution in [1.29, 1.82) is 0 Å². The van der Waals surface area contributed by atoms with Gasteiger partial charge in [0.2, 0.25) is 5.91 Å². The third-order valence-corrected chi connectivity index (χ3v) is 4.76. The fraction of sp³-hybridized carbons (Fsp3) is 0.786. The van der Waals surface area contributed by atoms with E-state index in [1.165, 1.54) is 0 Å². The van der Waals surface area contributed by atoms with Gasteiger partial charge in [-0.25, -0.2) is 0 Å². The molecule has 0 atom stereocenters. The zero-order valence-corrected chi connectivity index (χ0v) is 13.8. The lowest BCUT2D eigenvalue weighted by atomic mass is 9.87. The lowest BCUT2D eigenvalue weighted by Crippen LogP contribution is -2.34. The minimum absolute atomic E-state index is 0.106. The molecule has 1 aliphatic rings. The van der Waals surface area contributed by atoms with Gasteiger partial charge >= 0.3 is 0 Å². The number of thioether (sulfide) groups is 1. The van der Waals surface area contributed by atoms with Crippen LogP contribution < -0.4 is 5.32 Å². The minimum atomic E-state index is 0.106. The number of nitrogens with zero attached hydrogens (tertiary/aromatic N) is 3. The van der Waals surface area contributed by atoms with E-state index in [1.807, 2.05) is 10.8 Å². The molecule has 1 saturated carbocycles. The van der Waals surface area contributed by atoms with Crippen molar-refractivity contribution in [3.63, 3.8) is 0 Å². The average Bonchev–Trinajstić information content (AvgIpc) is 2.94. The molecule has 0 saturated heterocycles. The summed E-state index contributed by atoms with van der Waals surface area (Å²) in [4.78, 5) is 12.2. The van der Waals surface area contributed by atoms with E-state index in [4.69, 9.17) is 4.74 Å². The van der Waals surface area contributed by atoms with Crippen molar-refractivity contribution in [2.45, 2.75) is 57.0 Å². The van der Waals surface area contributed by atoms with E-state index in [1.54, 1.807) is 18.9 Å². The number of amides is 1. The lowest BCUT2D eigenvalue weighted by molar-refractivity contribution is -0.127. The van der Waals surface area contributed by atoms with Gasteiger partial charge in [-0.1, -0.05) is 11.8 Å². The summed E-state index contributed by atoms with van der Waals surface area (Å²) in [6.45, 7) is 3.32. The zero-order valence-electron chi connectivity index (χ0n) is 13.0. The number of ether oxygens (including phenoxy) is 1. The predicted molar refractivity (Wildman–Crippen MR) is 82.1 cm³/mol. The Morgan fingerprint density at radius 2 is 2.10 bits per heavy atom. The normalized spacial score (nSPS) is 22.2. The van der Waals surface area contributed by atoms with Crippen molar-refractivity contribution in [3.8, 4) is 0 Å². The maximum absolute atomic E-state index is 12.2. The van der Waals surface area contributed by atoms with Crippen molar-refractivity contribution >= 4 is 17.7 Å². The summed E-state index contributed by atoms with van der Waals surface area (Å²) < 4.78 is 7.37. The fourth-order valence-electron chi connectivity index (χ4n) is 2.79. The van der Waals surface area contributed by atoms with E-state index in [0.717, 1.165) is 43.2 Å². The van der Waals surface area contributed by atoms with E-state index < -0.39 is 0 Å². The van der Waals surface area contributed by atoms with Gasteiger partial charge in [0, 0.05) is 19.6 Å². The number of hydrogen-bond donors (Lipinski definition) is 1. The molecule has 0 unspecified atom stereocenters. The number of carbonyl (C=O) groups excluding carboxylic acids is 1. The molecule has 0 bridgehead atoms. The van der Waals surface area contributed by atoms with Crippen molar-refractivity contribution < 1.29 is 9.53 Å². The van der Waals surface area contributed by atoms with Crippen LogP contribution in [0.5, 0.6) is 0 Å². The Balaban J connectivity index is 1.85. The van der Waals surface area contributed by atoms with Crippen LogP contribution in [0.15, 0.2) is 5.16 Å². The van der Waals surface area contributed by atoms with Crippen LogP contribution in [0.1, 0.15) is 38.4 Å². The summed E-state index contributed by atoms with van der Waals surface area (Å²) in [5.74, 6) is 1.05. The van der Waals surface area contributed by atoms with Crippen LogP contribution in [0.3, 0.4) is 0 Å². The number of rotatable bonds is 6. The Kier molecular flexibility index (Phi) is 6.05. The van der Waals surface area contributed by atoms with Gasteiger partial charge in [-0.05, 0) is 38.9 Å². The van der Waals surface area contributed by atoms with Gasteiger partial charge in [-0.2, -0.15) is 0 Å². The SMILES string of the molecule is CCn1c(CNC(=O)C2CCC(OC)CC2)nnc1SC. The smallest absolute Gasteiger partial charge is 0.223 e. The monoisotopic (exact) mass is 312 g/mol. The maximum atomic E-state index is 12.2. The minimum Gasteiger partial charge on any atom is -0.381 e. The fourth-order valence-corrected chi connectivity index (χ4v) is 3.37. The number of aromatic nitrogens is 3. The second kappa shape index (κ2) is 7.79. The Hall–Kier alpha value is -1.08. The molecule has 1 amide bonds. The van der Waals surface area contributed by atoms with Gasteiger partial charge < -0.3 is 14.6 Å². The van der Waals surface area contributed by atoms with Crippen molar-refractivity contribution in [2.24, 2.45) is 5.92 Å². The van der Waals surface area contributed by atoms with E-state index in [0.29, 0.717) is 12.6 Å². The summed E-state index contributed by atoms with van der Waals surface area (Å²) in [6, 6.07) is 0. The molecule has 0 radical (unpaired) electrons. The first kappa shape index (κ1) is 16.3. The highest BCUT2D eigenvalue weighted by atomic mass is 32.2. The van der Waals surface area contributed by atoms with E-state index in [-0.39, 0.29) is 11.8 Å². The standard InChI is InChI=1S/C14H24N4O2S/c1-4-18-12(16-17-14(18)21-3)9-15-13(19)10-5-7-11(20-2)8-6-10/h10-11H,4-9H2,1-3H3,(H,15,19). The van der Waals surface area contributed by atoms with Crippen molar-refractivity contribution in [3.05, 3.63) is 5.82 Å². The molecular weight excluding hydrogens is 288 g/mol. The summed E-state index contributed by atoms with van der Waals surface area (Å²) >= 11 is 1.57. The highest BCUT2D eigenvalue weighted by Gasteiger charge is 2.26. The second-order valence-electron chi connectivity index (χ2n) is 5.27. The van der Waals surface area contributed by atoms with Gasteiger partial charge in [-0.15, -0.1) is 10.2 Å². The molecule has 0 aromatic carbocycles. The van der Waals surface area contributed by atoms with Crippen molar-refractivity contribution in [2.75, 3.05) is 13.4 Å². The quantitative estimate of drug-likeness (QED) is 0.812. The first-order chi connectivity index (χ1) is 10.2. The van der Waals surface area contributed by atoms with Crippen LogP contribution in [0, 0.1) is 5.92 Å². The number of carbonyl (C=O) groups is 1. The molecule has 1 fully saturated rings. The number of methoxy groups -OCH3 is 1. The molecule has 21 heavy (non-hydrogen) atoms. The molecule has 118 valence electrons. The second-order valence-corrected chi connectivity index (χ2v) is 6.05. The largest absolute Gasteiger partial charge is 0.381 e. The van der Waals surface area contributed by atoms with E-state index in [9.17, 15) is 4.79 Å². The molecule has 1 N–H and O–H groups in total. The van der Waals surface area contributed by atoms with Gasteiger partial charge in [0.15, 0.2) is 11.0 Å². The molecule has 0 aliphatic heterocycles. The van der Waals surface area contributed by atoms with Gasteiger partial charge in [0.1, 0.15) is 0 Å². The number of hydrogen-bond acceptors (Lipinski definition) is 5. The average molecular weight is 312 g/mol. The highest BCUT2D eigenvalue weighted by molar-refractivity contribution is 7.98. The van der Waals surface area contributed by atoms with Crippen molar-refractivity contribution in [1.82, 2.24) is 20.1 Å². The van der Waals surface area contributed by atoms with Crippen LogP contribution in [0.2, 0.25) is 0 Å². The zero-order chi connectivity index (χ0) is 15.2. The summed E-state index contributed by atoms with van der Waals surface area (Å²) in [5, 5.41) is 12.2. The Morgan fingerprint density at radius 1 is 1.38 bits per heavy atom. The third-order valence-electron chi connectivity index (χ3n) is 4.09. The topological polar surface area (TPSA) is 69.0 Å². The molecule has 1 aromatic heterocycles. The van der Waals surface area contributed by atoms with Crippen LogP contribution in [-0.4, -0.2) is 40.1 Å². The Morgan fingerprint density at radius 3 is 2.67 bits per heavy atom.